The number of rotatable bonds is 5. The number of ether oxygens (including phenoxy) is 1. The predicted molar refractivity (Wildman–Crippen MR) is 84.1 cm³/mol. The Labute approximate surface area is 126 Å². The summed E-state index contributed by atoms with van der Waals surface area (Å²) in [5.74, 6) is -0.408. The second-order valence-corrected chi connectivity index (χ2v) is 5.57. The van der Waals surface area contributed by atoms with Gasteiger partial charge in [-0.3, -0.25) is 4.79 Å². The number of amides is 1. The van der Waals surface area contributed by atoms with E-state index in [0.717, 1.165) is 5.57 Å². The zero-order valence-corrected chi connectivity index (χ0v) is 13.3. The van der Waals surface area contributed by atoms with Crippen molar-refractivity contribution in [2.45, 2.75) is 46.6 Å². The molecule has 1 atom stereocenters. The Balaban J connectivity index is 2.60. The van der Waals surface area contributed by atoms with Crippen LogP contribution in [-0.2, 0) is 14.3 Å². The Bertz CT molecular complexity index is 525. The molecule has 4 heteroatoms. The molecule has 0 aliphatic rings. The minimum atomic E-state index is -0.835. The van der Waals surface area contributed by atoms with E-state index >= 15 is 0 Å². The van der Waals surface area contributed by atoms with Crippen LogP contribution in [0.25, 0.3) is 0 Å². The van der Waals surface area contributed by atoms with Gasteiger partial charge in [-0.1, -0.05) is 31.6 Å². The van der Waals surface area contributed by atoms with Gasteiger partial charge >= 0.3 is 5.97 Å². The SMILES string of the molecule is CC(C)=CC(=O)O[C@H](C)C(=O)Nc1ccc(C(C)C)cc1. The van der Waals surface area contributed by atoms with Crippen molar-refractivity contribution in [3.8, 4) is 0 Å². The fraction of sp³-hybridized carbons (Fsp3) is 0.412. The lowest BCUT2D eigenvalue weighted by Crippen LogP contribution is -2.29. The Morgan fingerprint density at radius 2 is 1.67 bits per heavy atom. The third kappa shape index (κ3) is 5.81. The van der Waals surface area contributed by atoms with Gasteiger partial charge < -0.3 is 10.1 Å². The molecule has 0 saturated carbocycles. The van der Waals surface area contributed by atoms with E-state index in [-0.39, 0.29) is 5.91 Å². The number of benzene rings is 1. The summed E-state index contributed by atoms with van der Waals surface area (Å²) in [5, 5.41) is 2.73. The van der Waals surface area contributed by atoms with Crippen LogP contribution in [0.2, 0.25) is 0 Å². The highest BCUT2D eigenvalue weighted by atomic mass is 16.5. The van der Waals surface area contributed by atoms with Crippen molar-refractivity contribution in [3.63, 3.8) is 0 Å². The van der Waals surface area contributed by atoms with Crippen molar-refractivity contribution in [1.82, 2.24) is 0 Å². The largest absolute Gasteiger partial charge is 0.449 e. The molecule has 1 aromatic carbocycles. The summed E-state index contributed by atoms with van der Waals surface area (Å²) in [6, 6.07) is 7.63. The van der Waals surface area contributed by atoms with Crippen LogP contribution in [0.15, 0.2) is 35.9 Å². The predicted octanol–water partition coefficient (Wildman–Crippen LogP) is 3.65. The highest BCUT2D eigenvalue weighted by Crippen LogP contribution is 2.17. The molecule has 1 N–H and O–H groups in total. The van der Waals surface area contributed by atoms with Gasteiger partial charge in [0.25, 0.3) is 5.91 Å². The fourth-order valence-corrected chi connectivity index (χ4v) is 1.69. The summed E-state index contributed by atoms with van der Waals surface area (Å²) in [6.45, 7) is 9.36. The number of allylic oxidation sites excluding steroid dienone is 1. The molecule has 21 heavy (non-hydrogen) atoms. The number of carbonyl (C=O) groups is 2. The van der Waals surface area contributed by atoms with E-state index in [9.17, 15) is 9.59 Å². The molecule has 1 amide bonds. The zero-order valence-electron chi connectivity index (χ0n) is 13.3. The molecule has 4 nitrogen and oxygen atoms in total. The molecule has 0 spiro atoms. The molecule has 0 heterocycles. The van der Waals surface area contributed by atoms with E-state index in [1.54, 1.807) is 20.8 Å². The van der Waals surface area contributed by atoms with Crippen molar-refractivity contribution in [1.29, 1.82) is 0 Å². The van der Waals surface area contributed by atoms with Crippen LogP contribution in [0.3, 0.4) is 0 Å². The van der Waals surface area contributed by atoms with Crippen molar-refractivity contribution in [3.05, 3.63) is 41.5 Å². The molecule has 0 aliphatic carbocycles. The highest BCUT2D eigenvalue weighted by molar-refractivity contribution is 5.96. The van der Waals surface area contributed by atoms with Gasteiger partial charge in [0.15, 0.2) is 6.10 Å². The maximum Gasteiger partial charge on any atom is 0.331 e. The first-order chi connectivity index (χ1) is 9.79. The minimum absolute atomic E-state index is 0.345. The van der Waals surface area contributed by atoms with Crippen LogP contribution in [0.4, 0.5) is 5.69 Å². The third-order valence-electron chi connectivity index (χ3n) is 2.91. The minimum Gasteiger partial charge on any atom is -0.449 e. The quantitative estimate of drug-likeness (QED) is 0.665. The monoisotopic (exact) mass is 289 g/mol. The molecule has 0 aromatic heterocycles. The van der Waals surface area contributed by atoms with Crippen LogP contribution in [0, 0.1) is 0 Å². The lowest BCUT2D eigenvalue weighted by molar-refractivity contribution is -0.148. The van der Waals surface area contributed by atoms with Gasteiger partial charge in [0.1, 0.15) is 0 Å². The molecule has 0 unspecified atom stereocenters. The van der Waals surface area contributed by atoms with E-state index in [1.807, 2.05) is 24.3 Å². The fourth-order valence-electron chi connectivity index (χ4n) is 1.69. The maximum absolute atomic E-state index is 11.9. The highest BCUT2D eigenvalue weighted by Gasteiger charge is 2.16. The van der Waals surface area contributed by atoms with E-state index in [0.29, 0.717) is 11.6 Å². The Kier molecular flexibility index (Phi) is 6.15. The van der Waals surface area contributed by atoms with Gasteiger partial charge in [-0.25, -0.2) is 4.79 Å². The molecular formula is C17H23NO3. The van der Waals surface area contributed by atoms with Gasteiger partial charge in [0.05, 0.1) is 0 Å². The Hall–Kier alpha value is -2.10. The third-order valence-corrected chi connectivity index (χ3v) is 2.91. The second kappa shape index (κ2) is 7.62. The molecule has 0 radical (unpaired) electrons. The number of hydrogen-bond acceptors (Lipinski definition) is 3. The van der Waals surface area contributed by atoms with Crippen molar-refractivity contribution < 1.29 is 14.3 Å². The van der Waals surface area contributed by atoms with Crippen LogP contribution < -0.4 is 5.32 Å². The zero-order chi connectivity index (χ0) is 16.0. The molecule has 0 aliphatic heterocycles. The van der Waals surface area contributed by atoms with Crippen LogP contribution in [0.5, 0.6) is 0 Å². The average Bonchev–Trinajstić information content (AvgIpc) is 2.38. The Morgan fingerprint density at radius 1 is 1.10 bits per heavy atom. The molecule has 0 bridgehead atoms. The van der Waals surface area contributed by atoms with Gasteiger partial charge in [-0.15, -0.1) is 0 Å². The van der Waals surface area contributed by atoms with Gasteiger partial charge in [-0.2, -0.15) is 0 Å². The number of carbonyl (C=O) groups excluding carboxylic acids is 2. The first kappa shape index (κ1) is 17.0. The average molecular weight is 289 g/mol. The van der Waals surface area contributed by atoms with Crippen molar-refractivity contribution >= 4 is 17.6 Å². The smallest absolute Gasteiger partial charge is 0.331 e. The molecule has 1 rings (SSSR count). The van der Waals surface area contributed by atoms with Crippen molar-refractivity contribution in [2.75, 3.05) is 5.32 Å². The van der Waals surface area contributed by atoms with Gasteiger partial charge in [-0.05, 0) is 44.4 Å². The number of hydrogen-bond donors (Lipinski definition) is 1. The van der Waals surface area contributed by atoms with Crippen LogP contribution in [-0.4, -0.2) is 18.0 Å². The van der Waals surface area contributed by atoms with E-state index in [2.05, 4.69) is 19.2 Å². The summed E-state index contributed by atoms with van der Waals surface area (Å²) in [6.07, 6.45) is 0.527. The summed E-state index contributed by atoms with van der Waals surface area (Å²) < 4.78 is 5.03. The van der Waals surface area contributed by atoms with Gasteiger partial charge in [0, 0.05) is 11.8 Å². The topological polar surface area (TPSA) is 55.4 Å². The number of nitrogens with one attached hydrogen (secondary N) is 1. The van der Waals surface area contributed by atoms with E-state index in [4.69, 9.17) is 4.74 Å². The second-order valence-electron chi connectivity index (χ2n) is 5.57. The summed E-state index contributed by atoms with van der Waals surface area (Å²) in [4.78, 5) is 23.4. The first-order valence-electron chi connectivity index (χ1n) is 7.06. The van der Waals surface area contributed by atoms with Crippen molar-refractivity contribution in [2.24, 2.45) is 0 Å². The van der Waals surface area contributed by atoms with Gasteiger partial charge in [0.2, 0.25) is 0 Å². The molecule has 1 aromatic rings. The summed E-state index contributed by atoms with van der Waals surface area (Å²) in [5.41, 5.74) is 2.72. The van der Waals surface area contributed by atoms with Crippen LogP contribution >= 0.6 is 0 Å². The van der Waals surface area contributed by atoms with E-state index < -0.39 is 12.1 Å². The normalized spacial score (nSPS) is 11.7. The first-order valence-corrected chi connectivity index (χ1v) is 7.06. The summed E-state index contributed by atoms with van der Waals surface area (Å²) >= 11 is 0. The molecule has 0 saturated heterocycles. The van der Waals surface area contributed by atoms with E-state index in [1.165, 1.54) is 11.6 Å². The Morgan fingerprint density at radius 3 is 2.14 bits per heavy atom. The lowest BCUT2D eigenvalue weighted by atomic mass is 10.0. The lowest BCUT2D eigenvalue weighted by Gasteiger charge is -2.13. The number of anilines is 1. The molecule has 0 fully saturated rings. The number of esters is 1. The summed E-state index contributed by atoms with van der Waals surface area (Å²) in [7, 11) is 0. The molecule has 114 valence electrons. The standard InChI is InChI=1S/C17H23NO3/c1-11(2)10-16(19)21-13(5)17(20)18-15-8-6-14(7-9-15)12(3)4/h6-10,12-13H,1-5H3,(H,18,20)/t13-/m1/s1. The molecular weight excluding hydrogens is 266 g/mol. The van der Waals surface area contributed by atoms with Crippen LogP contribution in [0.1, 0.15) is 46.1 Å². The maximum atomic E-state index is 11.9.